The second kappa shape index (κ2) is 7.62. The number of quaternary nitrogens is 1. The maximum Gasteiger partial charge on any atom is 0.245 e. The molecule has 0 amide bonds. The van der Waals surface area contributed by atoms with Crippen molar-refractivity contribution in [2.75, 3.05) is 19.6 Å². The van der Waals surface area contributed by atoms with E-state index < -0.39 is 0 Å². The predicted octanol–water partition coefficient (Wildman–Crippen LogP) is 5.79. The number of aromatic amines is 1. The molecule has 2 N–H and O–H groups in total. The molecule has 2 unspecified atom stereocenters. The molecule has 4 heterocycles. The third kappa shape index (κ3) is 3.05. The second-order valence-corrected chi connectivity index (χ2v) is 9.82. The molecule has 1 fully saturated rings. The van der Waals surface area contributed by atoms with E-state index in [0.717, 1.165) is 60.6 Å². The maximum absolute atomic E-state index is 14.7. The Morgan fingerprint density at radius 1 is 1.06 bits per heavy atom. The normalized spacial score (nSPS) is 22.5. The van der Waals surface area contributed by atoms with Gasteiger partial charge in [-0.15, -0.1) is 0 Å². The highest BCUT2D eigenvalue weighted by Crippen LogP contribution is 2.58. The smallest absolute Gasteiger partial charge is 0.245 e. The fourth-order valence-corrected chi connectivity index (χ4v) is 6.28. The zero-order valence-electron chi connectivity index (χ0n) is 18.5. The Morgan fingerprint density at radius 3 is 2.64 bits per heavy atom. The molecular weight excluding hydrogens is 437 g/mol. The number of hydrogen-bond acceptors (Lipinski definition) is 3. The van der Waals surface area contributed by atoms with Crippen molar-refractivity contribution in [1.29, 1.82) is 0 Å². The van der Waals surface area contributed by atoms with Crippen molar-refractivity contribution in [3.05, 3.63) is 83.0 Å². The van der Waals surface area contributed by atoms with Crippen LogP contribution in [0.3, 0.4) is 0 Å². The molecule has 2 aliphatic heterocycles. The molecule has 2 atom stereocenters. The number of benzene rings is 2. The summed E-state index contributed by atoms with van der Waals surface area (Å²) < 4.78 is 15.2. The summed E-state index contributed by atoms with van der Waals surface area (Å²) in [5.41, 5.74) is 4.12. The molecule has 2 aromatic heterocycles. The number of H-pyrrole nitrogens is 1. The Labute approximate surface area is 197 Å². The molecule has 0 bridgehead atoms. The van der Waals surface area contributed by atoms with Gasteiger partial charge in [0.15, 0.2) is 0 Å². The lowest BCUT2D eigenvalue weighted by Gasteiger charge is -2.42. The summed E-state index contributed by atoms with van der Waals surface area (Å²) in [4.78, 5) is 12.6. The zero-order valence-corrected chi connectivity index (χ0v) is 19.2. The number of fused-ring (bicyclic) bond motifs is 3. The van der Waals surface area contributed by atoms with Crippen LogP contribution in [0.5, 0.6) is 0 Å². The van der Waals surface area contributed by atoms with Crippen LogP contribution in [0.25, 0.3) is 11.0 Å². The van der Waals surface area contributed by atoms with Gasteiger partial charge >= 0.3 is 0 Å². The lowest BCUT2D eigenvalue weighted by atomic mass is 9.74. The summed E-state index contributed by atoms with van der Waals surface area (Å²) in [7, 11) is 0. The fraction of sp³-hybridized carbons (Fsp3) is 0.308. The number of aromatic nitrogens is 3. The molecule has 0 saturated carbocycles. The number of piperidine rings is 1. The minimum atomic E-state index is -0.180. The number of hydrogen-bond donors (Lipinski definition) is 2. The van der Waals surface area contributed by atoms with E-state index in [1.807, 2.05) is 24.4 Å². The van der Waals surface area contributed by atoms with Crippen molar-refractivity contribution < 1.29 is 4.39 Å². The van der Waals surface area contributed by atoms with E-state index in [9.17, 15) is 4.39 Å². The largest absolute Gasteiger partial charge is 0.346 e. The summed E-state index contributed by atoms with van der Waals surface area (Å²) >= 11 is 6.23. The highest BCUT2D eigenvalue weighted by atomic mass is 35.5. The first-order chi connectivity index (χ1) is 16.0. The summed E-state index contributed by atoms with van der Waals surface area (Å²) in [6, 6.07) is 15.5. The Kier molecular flexibility index (Phi) is 4.80. The van der Waals surface area contributed by atoms with Crippen LogP contribution in [-0.2, 0) is 5.41 Å². The molecule has 7 heteroatoms. The van der Waals surface area contributed by atoms with Crippen LogP contribution < -0.4 is 9.80 Å². The molecule has 6 rings (SSSR count). The van der Waals surface area contributed by atoms with Crippen LogP contribution in [0.15, 0.2) is 61.1 Å². The van der Waals surface area contributed by atoms with E-state index in [2.05, 4.69) is 40.4 Å². The van der Waals surface area contributed by atoms with Crippen molar-refractivity contribution in [1.82, 2.24) is 24.8 Å². The molecule has 5 nitrogen and oxygen atoms in total. The Balaban J connectivity index is 1.67. The quantitative estimate of drug-likeness (QED) is 0.379. The SMILES string of the molecule is CC(c1ccc(Cl)cc1)[N+]1(c2ncnc3[nH]ccc23)CC2(CCNCC2)c2cc(F)ccc21. The van der Waals surface area contributed by atoms with Gasteiger partial charge in [0, 0.05) is 28.4 Å². The molecule has 33 heavy (non-hydrogen) atoms. The molecule has 2 aromatic carbocycles. The van der Waals surface area contributed by atoms with E-state index in [-0.39, 0.29) is 17.3 Å². The van der Waals surface area contributed by atoms with Gasteiger partial charge in [-0.05, 0) is 63.2 Å². The van der Waals surface area contributed by atoms with E-state index >= 15 is 0 Å². The van der Waals surface area contributed by atoms with Gasteiger partial charge in [0.2, 0.25) is 5.82 Å². The predicted molar refractivity (Wildman–Crippen MR) is 130 cm³/mol. The molecule has 0 aliphatic carbocycles. The van der Waals surface area contributed by atoms with Crippen molar-refractivity contribution in [3.63, 3.8) is 0 Å². The first kappa shape index (κ1) is 20.8. The van der Waals surface area contributed by atoms with Gasteiger partial charge in [-0.1, -0.05) is 23.7 Å². The van der Waals surface area contributed by atoms with Crippen molar-refractivity contribution in [3.8, 4) is 0 Å². The number of nitrogens with one attached hydrogen (secondary N) is 2. The highest BCUT2D eigenvalue weighted by Gasteiger charge is 2.58. The Morgan fingerprint density at radius 2 is 1.85 bits per heavy atom. The van der Waals surface area contributed by atoms with Crippen molar-refractivity contribution >= 4 is 34.1 Å². The third-order valence-corrected chi connectivity index (χ3v) is 8.05. The van der Waals surface area contributed by atoms with Gasteiger partial charge in [-0.25, -0.2) is 13.9 Å². The van der Waals surface area contributed by atoms with Crippen molar-refractivity contribution in [2.24, 2.45) is 0 Å². The maximum atomic E-state index is 14.7. The average Bonchev–Trinajstić information content (AvgIpc) is 3.42. The molecule has 2 aliphatic rings. The highest BCUT2D eigenvalue weighted by molar-refractivity contribution is 6.30. The number of halogens is 2. The second-order valence-electron chi connectivity index (χ2n) is 9.38. The lowest BCUT2D eigenvalue weighted by Crippen LogP contribution is -2.51. The Bertz CT molecular complexity index is 1330. The summed E-state index contributed by atoms with van der Waals surface area (Å²) in [6.45, 7) is 4.93. The Hall–Kier alpha value is -2.80. The summed E-state index contributed by atoms with van der Waals surface area (Å²) in [5.74, 6) is 0.771. The zero-order chi connectivity index (χ0) is 22.6. The lowest BCUT2D eigenvalue weighted by molar-refractivity contribution is 0.226. The molecule has 0 radical (unpaired) electrons. The fourth-order valence-electron chi connectivity index (χ4n) is 6.15. The molecular formula is C26H26ClFN5+. The van der Waals surface area contributed by atoms with E-state index in [0.29, 0.717) is 9.51 Å². The van der Waals surface area contributed by atoms with Crippen LogP contribution in [0, 0.1) is 5.82 Å². The monoisotopic (exact) mass is 462 g/mol. The van der Waals surface area contributed by atoms with Gasteiger partial charge in [-0.2, -0.15) is 4.98 Å². The molecule has 1 saturated heterocycles. The van der Waals surface area contributed by atoms with E-state index in [4.69, 9.17) is 16.6 Å². The topological polar surface area (TPSA) is 53.6 Å². The van der Waals surface area contributed by atoms with Crippen LogP contribution in [-0.4, -0.2) is 34.6 Å². The molecule has 4 aromatic rings. The van der Waals surface area contributed by atoms with Gasteiger partial charge in [-0.3, -0.25) is 0 Å². The first-order valence-electron chi connectivity index (χ1n) is 11.5. The van der Waals surface area contributed by atoms with Crippen LogP contribution in [0.4, 0.5) is 15.9 Å². The third-order valence-electron chi connectivity index (χ3n) is 7.80. The number of rotatable bonds is 3. The summed E-state index contributed by atoms with van der Waals surface area (Å²) in [5, 5.41) is 5.21. The van der Waals surface area contributed by atoms with Gasteiger partial charge in [0.1, 0.15) is 34.9 Å². The van der Waals surface area contributed by atoms with Crippen molar-refractivity contribution in [2.45, 2.75) is 31.2 Å². The first-order valence-corrected chi connectivity index (χ1v) is 11.8. The average molecular weight is 463 g/mol. The van der Waals surface area contributed by atoms with Gasteiger partial charge in [0.05, 0.1) is 12.0 Å². The van der Waals surface area contributed by atoms with Crippen LogP contribution in [0.2, 0.25) is 5.02 Å². The molecule has 1 spiro atoms. The minimum absolute atomic E-state index is 0.0359. The molecule has 168 valence electrons. The van der Waals surface area contributed by atoms with E-state index in [1.54, 1.807) is 18.5 Å². The van der Waals surface area contributed by atoms with Crippen LogP contribution >= 0.6 is 11.6 Å². The van der Waals surface area contributed by atoms with E-state index in [1.165, 1.54) is 5.56 Å². The minimum Gasteiger partial charge on any atom is -0.346 e. The summed E-state index contributed by atoms with van der Waals surface area (Å²) in [6.07, 6.45) is 5.49. The standard InChI is InChI=1S/C26H26ClFN5/c1-17(18-2-4-19(27)5-3-18)33(25-21-8-11-30-24(21)31-16-32-25)15-26(9-12-29-13-10-26)22-14-20(28)6-7-23(22)33/h2-8,11,14,16-17,29H,9-10,12-13,15H2,1H3,(H,30,31,32)/q+1. The van der Waals surface area contributed by atoms with Crippen LogP contribution in [0.1, 0.15) is 36.9 Å². The van der Waals surface area contributed by atoms with Gasteiger partial charge < -0.3 is 10.3 Å². The number of nitrogens with zero attached hydrogens (tertiary/aromatic N) is 3. The van der Waals surface area contributed by atoms with Gasteiger partial charge in [0.25, 0.3) is 0 Å².